The van der Waals surface area contributed by atoms with E-state index in [0.29, 0.717) is 30.2 Å². The van der Waals surface area contributed by atoms with Gasteiger partial charge >= 0.3 is 5.97 Å². The molecule has 0 unspecified atom stereocenters. The number of rotatable bonds is 7. The fraction of sp³-hybridized carbons (Fsp3) is 0.143. The minimum absolute atomic E-state index is 0.226. The molecule has 0 saturated heterocycles. The van der Waals surface area contributed by atoms with Crippen LogP contribution in [0.5, 0.6) is 0 Å². The highest BCUT2D eigenvalue weighted by Gasteiger charge is 2.14. The van der Waals surface area contributed by atoms with Gasteiger partial charge in [-0.15, -0.1) is 0 Å². The van der Waals surface area contributed by atoms with E-state index in [9.17, 15) is 14.0 Å². The number of hydrogen-bond donors (Lipinski definition) is 2. The number of nitrogens with zero attached hydrogens (tertiary/aromatic N) is 2. The highest BCUT2D eigenvalue weighted by atomic mass is 19.1. The number of carbonyl (C=O) groups is 2. The van der Waals surface area contributed by atoms with Crippen LogP contribution in [0.3, 0.4) is 0 Å². The van der Waals surface area contributed by atoms with Crippen LogP contribution in [0, 0.1) is 5.82 Å². The summed E-state index contributed by atoms with van der Waals surface area (Å²) in [5, 5.41) is 5.64. The molecule has 8 heteroatoms. The summed E-state index contributed by atoms with van der Waals surface area (Å²) < 4.78 is 18.3. The highest BCUT2D eigenvalue weighted by molar-refractivity contribution is 6.07. The van der Waals surface area contributed by atoms with Crippen molar-refractivity contribution in [1.29, 1.82) is 0 Å². The summed E-state index contributed by atoms with van der Waals surface area (Å²) in [6.07, 6.45) is 3.21. The fourth-order valence-corrected chi connectivity index (χ4v) is 2.62. The molecule has 0 spiro atoms. The minimum Gasteiger partial charge on any atom is -0.465 e. The molecule has 3 aromatic rings. The highest BCUT2D eigenvalue weighted by Crippen LogP contribution is 2.17. The molecule has 0 aliphatic rings. The maximum atomic E-state index is 13.6. The number of para-hydroxylation sites is 1. The summed E-state index contributed by atoms with van der Waals surface area (Å²) in [6.45, 7) is 0.443. The summed E-state index contributed by atoms with van der Waals surface area (Å²) in [4.78, 5) is 32.4. The summed E-state index contributed by atoms with van der Waals surface area (Å²) >= 11 is 0. The van der Waals surface area contributed by atoms with E-state index in [0.717, 1.165) is 0 Å². The first-order valence-electron chi connectivity index (χ1n) is 8.86. The second-order valence-electron chi connectivity index (χ2n) is 6.05. The number of carbonyl (C=O) groups excluding carboxylic acids is 2. The molecule has 0 fully saturated rings. The van der Waals surface area contributed by atoms with Gasteiger partial charge in [0.05, 0.1) is 23.9 Å². The van der Waals surface area contributed by atoms with Crippen molar-refractivity contribution in [3.63, 3.8) is 0 Å². The van der Waals surface area contributed by atoms with E-state index in [1.165, 1.54) is 25.6 Å². The van der Waals surface area contributed by atoms with Gasteiger partial charge in [0.2, 0.25) is 5.95 Å². The Labute approximate surface area is 167 Å². The van der Waals surface area contributed by atoms with Crippen molar-refractivity contribution in [3.05, 3.63) is 83.4 Å². The summed E-state index contributed by atoms with van der Waals surface area (Å²) in [7, 11) is 1.27. The molecule has 0 radical (unpaired) electrons. The monoisotopic (exact) mass is 394 g/mol. The van der Waals surface area contributed by atoms with E-state index < -0.39 is 11.9 Å². The Bertz CT molecular complexity index is 1010. The van der Waals surface area contributed by atoms with Crippen molar-refractivity contribution in [2.75, 3.05) is 24.3 Å². The zero-order valence-corrected chi connectivity index (χ0v) is 15.7. The Morgan fingerprint density at radius 2 is 1.72 bits per heavy atom. The molecule has 1 aromatic heterocycles. The van der Waals surface area contributed by atoms with Crippen LogP contribution in [0.1, 0.15) is 26.3 Å². The predicted octanol–water partition coefficient (Wildman–Crippen LogP) is 3.31. The molecule has 2 aromatic carbocycles. The van der Waals surface area contributed by atoms with Crippen molar-refractivity contribution in [2.45, 2.75) is 6.42 Å². The average Bonchev–Trinajstić information content (AvgIpc) is 2.75. The normalized spacial score (nSPS) is 10.3. The number of esters is 1. The molecule has 7 nitrogen and oxygen atoms in total. The van der Waals surface area contributed by atoms with Crippen LogP contribution in [0.2, 0.25) is 0 Å². The Morgan fingerprint density at radius 3 is 2.45 bits per heavy atom. The van der Waals surface area contributed by atoms with Crippen LogP contribution in [0.4, 0.5) is 16.0 Å². The molecule has 29 heavy (non-hydrogen) atoms. The lowest BCUT2D eigenvalue weighted by molar-refractivity contribution is 0.0602. The number of hydrogen-bond acceptors (Lipinski definition) is 6. The lowest BCUT2D eigenvalue weighted by atomic mass is 10.1. The van der Waals surface area contributed by atoms with E-state index >= 15 is 0 Å². The van der Waals surface area contributed by atoms with Crippen molar-refractivity contribution in [2.24, 2.45) is 0 Å². The number of aromatic nitrogens is 2. The molecular weight excluding hydrogens is 375 g/mol. The SMILES string of the molecule is COC(=O)c1ccccc1NC(=O)c1cnc(NCCc2ccccc2F)nc1. The van der Waals surface area contributed by atoms with Gasteiger partial charge in [0, 0.05) is 18.9 Å². The largest absolute Gasteiger partial charge is 0.465 e. The van der Waals surface area contributed by atoms with Crippen LogP contribution < -0.4 is 10.6 Å². The van der Waals surface area contributed by atoms with Gasteiger partial charge in [-0.2, -0.15) is 0 Å². The topological polar surface area (TPSA) is 93.2 Å². The minimum atomic E-state index is -0.549. The molecule has 0 aliphatic heterocycles. The number of anilines is 2. The number of methoxy groups -OCH3 is 1. The van der Waals surface area contributed by atoms with Gasteiger partial charge in [-0.3, -0.25) is 4.79 Å². The number of nitrogens with one attached hydrogen (secondary N) is 2. The molecule has 3 rings (SSSR count). The molecule has 2 N–H and O–H groups in total. The van der Waals surface area contributed by atoms with Crippen molar-refractivity contribution in [3.8, 4) is 0 Å². The second kappa shape index (κ2) is 9.41. The zero-order valence-electron chi connectivity index (χ0n) is 15.7. The number of benzene rings is 2. The molecular formula is C21H19FN4O3. The van der Waals surface area contributed by atoms with Gasteiger partial charge in [0.25, 0.3) is 5.91 Å². The van der Waals surface area contributed by atoms with Gasteiger partial charge in [-0.05, 0) is 30.2 Å². The van der Waals surface area contributed by atoms with Gasteiger partial charge in [-0.25, -0.2) is 19.2 Å². The lowest BCUT2D eigenvalue weighted by Crippen LogP contribution is -2.16. The molecule has 1 amide bonds. The molecule has 0 saturated carbocycles. The van der Waals surface area contributed by atoms with Crippen LogP contribution in [-0.2, 0) is 11.2 Å². The van der Waals surface area contributed by atoms with Gasteiger partial charge in [-0.1, -0.05) is 30.3 Å². The Morgan fingerprint density at radius 1 is 1.03 bits per heavy atom. The quantitative estimate of drug-likeness (QED) is 0.597. The van der Waals surface area contributed by atoms with Crippen LogP contribution >= 0.6 is 0 Å². The first-order valence-corrected chi connectivity index (χ1v) is 8.86. The van der Waals surface area contributed by atoms with Crippen molar-refractivity contribution in [1.82, 2.24) is 9.97 Å². The van der Waals surface area contributed by atoms with Crippen molar-refractivity contribution >= 4 is 23.5 Å². The molecule has 0 atom stereocenters. The Balaban J connectivity index is 1.59. The molecule has 148 valence electrons. The van der Waals surface area contributed by atoms with Gasteiger partial charge in [0.1, 0.15) is 5.82 Å². The Kier molecular flexibility index (Phi) is 6.47. The molecule has 0 aliphatic carbocycles. The third-order valence-corrected chi connectivity index (χ3v) is 4.13. The summed E-state index contributed by atoms with van der Waals surface area (Å²) in [6, 6.07) is 13.1. The van der Waals surface area contributed by atoms with Crippen LogP contribution in [0.25, 0.3) is 0 Å². The zero-order chi connectivity index (χ0) is 20.6. The average molecular weight is 394 g/mol. The standard InChI is InChI=1S/C21H19FN4O3/c1-29-20(28)16-7-3-5-9-18(16)26-19(27)15-12-24-21(25-13-15)23-11-10-14-6-2-4-8-17(14)22/h2-9,12-13H,10-11H2,1H3,(H,26,27)(H,23,24,25). The van der Waals surface area contributed by atoms with E-state index in [4.69, 9.17) is 4.74 Å². The fourth-order valence-electron chi connectivity index (χ4n) is 2.62. The first-order chi connectivity index (χ1) is 14.1. The first kappa shape index (κ1) is 19.9. The number of amides is 1. The smallest absolute Gasteiger partial charge is 0.339 e. The van der Waals surface area contributed by atoms with Crippen LogP contribution in [0.15, 0.2) is 60.9 Å². The maximum absolute atomic E-state index is 13.6. The second-order valence-corrected chi connectivity index (χ2v) is 6.05. The number of halogens is 1. The Hall–Kier alpha value is -3.81. The van der Waals surface area contributed by atoms with E-state index in [1.807, 2.05) is 0 Å². The lowest BCUT2D eigenvalue weighted by Gasteiger charge is -2.10. The van der Waals surface area contributed by atoms with E-state index in [2.05, 4.69) is 20.6 Å². The number of ether oxygens (including phenoxy) is 1. The third kappa shape index (κ3) is 5.13. The van der Waals surface area contributed by atoms with Crippen LogP contribution in [-0.4, -0.2) is 35.5 Å². The van der Waals surface area contributed by atoms with E-state index in [1.54, 1.807) is 42.5 Å². The van der Waals surface area contributed by atoms with Gasteiger partial charge in [0.15, 0.2) is 0 Å². The molecule has 1 heterocycles. The third-order valence-electron chi connectivity index (χ3n) is 4.13. The van der Waals surface area contributed by atoms with E-state index in [-0.39, 0.29) is 16.9 Å². The maximum Gasteiger partial charge on any atom is 0.339 e. The summed E-state index contributed by atoms with van der Waals surface area (Å²) in [5.41, 5.74) is 1.40. The van der Waals surface area contributed by atoms with Crippen molar-refractivity contribution < 1.29 is 18.7 Å². The predicted molar refractivity (Wildman–Crippen MR) is 106 cm³/mol. The van der Waals surface area contributed by atoms with Gasteiger partial charge < -0.3 is 15.4 Å². The summed E-state index contributed by atoms with van der Waals surface area (Å²) in [5.74, 6) is -0.937. The molecule has 0 bridgehead atoms.